The molecule has 1 fully saturated rings. The van der Waals surface area contributed by atoms with Crippen molar-refractivity contribution < 1.29 is 24.2 Å². The molecule has 1 atom stereocenters. The van der Waals surface area contributed by atoms with Gasteiger partial charge in [0.05, 0.1) is 12.2 Å². The SMILES string of the molecule is CCCCCOc1ccc(/C(O)=C2/C(=O)C(=O)N(c3ccc(Oc4cccc(C)c4)cc3)C2c2cccs2)cc1. The minimum absolute atomic E-state index is 0.0594. The van der Waals surface area contributed by atoms with Crippen molar-refractivity contribution >= 4 is 34.5 Å². The summed E-state index contributed by atoms with van der Waals surface area (Å²) in [5, 5.41) is 13.2. The maximum Gasteiger partial charge on any atom is 0.300 e. The Morgan fingerprint density at radius 3 is 2.33 bits per heavy atom. The van der Waals surface area contributed by atoms with Crippen molar-refractivity contribution in [2.45, 2.75) is 39.2 Å². The van der Waals surface area contributed by atoms with E-state index in [1.54, 1.807) is 48.5 Å². The Kier molecular flexibility index (Phi) is 8.31. The summed E-state index contributed by atoms with van der Waals surface area (Å²) in [7, 11) is 0. The molecule has 204 valence electrons. The predicted molar refractivity (Wildman–Crippen MR) is 158 cm³/mol. The van der Waals surface area contributed by atoms with E-state index in [0.29, 0.717) is 35.1 Å². The maximum absolute atomic E-state index is 13.4. The number of carbonyl (C=O) groups excluding carboxylic acids is 2. The Morgan fingerprint density at radius 2 is 1.65 bits per heavy atom. The first-order chi connectivity index (χ1) is 19.5. The third-order valence-corrected chi connectivity index (χ3v) is 7.67. The zero-order valence-corrected chi connectivity index (χ0v) is 23.3. The van der Waals surface area contributed by atoms with E-state index in [1.165, 1.54) is 16.2 Å². The van der Waals surface area contributed by atoms with Gasteiger partial charge in [-0.2, -0.15) is 0 Å². The summed E-state index contributed by atoms with van der Waals surface area (Å²) in [6, 6.07) is 24.7. The highest BCUT2D eigenvalue weighted by molar-refractivity contribution is 7.10. The van der Waals surface area contributed by atoms with E-state index in [9.17, 15) is 14.7 Å². The monoisotopic (exact) mass is 553 g/mol. The zero-order chi connectivity index (χ0) is 28.1. The highest BCUT2D eigenvalue weighted by Crippen LogP contribution is 2.44. The van der Waals surface area contributed by atoms with Gasteiger partial charge in [0.25, 0.3) is 11.7 Å². The van der Waals surface area contributed by atoms with E-state index < -0.39 is 17.7 Å². The predicted octanol–water partition coefficient (Wildman–Crippen LogP) is 8.04. The van der Waals surface area contributed by atoms with Gasteiger partial charge in [-0.05, 0) is 91.0 Å². The maximum atomic E-state index is 13.4. The van der Waals surface area contributed by atoms with Crippen molar-refractivity contribution in [3.05, 3.63) is 112 Å². The molecule has 2 heterocycles. The molecule has 40 heavy (non-hydrogen) atoms. The second-order valence-corrected chi connectivity index (χ2v) is 10.7. The number of Topliss-reactive ketones (excluding diaryl/α,β-unsaturated/α-hetero) is 1. The minimum atomic E-state index is -0.756. The molecule has 5 rings (SSSR count). The van der Waals surface area contributed by atoms with Crippen LogP contribution in [0.1, 0.15) is 48.2 Å². The Bertz CT molecular complexity index is 1510. The Morgan fingerprint density at radius 1 is 0.900 bits per heavy atom. The van der Waals surface area contributed by atoms with Crippen LogP contribution in [0.25, 0.3) is 5.76 Å². The number of nitrogens with zero attached hydrogens (tertiary/aromatic N) is 1. The number of carbonyl (C=O) groups is 2. The van der Waals surface area contributed by atoms with E-state index in [1.807, 2.05) is 48.7 Å². The summed E-state index contributed by atoms with van der Waals surface area (Å²) < 4.78 is 11.7. The average molecular weight is 554 g/mol. The summed E-state index contributed by atoms with van der Waals surface area (Å²) in [4.78, 5) is 29.0. The molecule has 0 spiro atoms. The van der Waals surface area contributed by atoms with Gasteiger partial charge in [0, 0.05) is 16.1 Å². The van der Waals surface area contributed by atoms with Crippen molar-refractivity contribution in [3.63, 3.8) is 0 Å². The van der Waals surface area contributed by atoms with E-state index >= 15 is 0 Å². The molecule has 1 aromatic heterocycles. The number of ether oxygens (including phenoxy) is 2. The Balaban J connectivity index is 1.44. The van der Waals surface area contributed by atoms with Gasteiger partial charge in [0.15, 0.2) is 0 Å². The van der Waals surface area contributed by atoms with E-state index in [0.717, 1.165) is 29.7 Å². The minimum Gasteiger partial charge on any atom is -0.507 e. The molecule has 0 saturated carbocycles. The number of ketones is 1. The van der Waals surface area contributed by atoms with Crippen molar-refractivity contribution in [1.82, 2.24) is 0 Å². The van der Waals surface area contributed by atoms with Gasteiger partial charge in [-0.1, -0.05) is 38.0 Å². The first-order valence-corrected chi connectivity index (χ1v) is 14.3. The number of aryl methyl sites for hydroxylation is 1. The Hall–Kier alpha value is -4.36. The fourth-order valence-electron chi connectivity index (χ4n) is 4.71. The van der Waals surface area contributed by atoms with E-state index in [4.69, 9.17) is 9.47 Å². The number of hydrogen-bond donors (Lipinski definition) is 1. The summed E-state index contributed by atoms with van der Waals surface area (Å²) in [5.74, 6) is 0.380. The summed E-state index contributed by atoms with van der Waals surface area (Å²) >= 11 is 1.42. The lowest BCUT2D eigenvalue weighted by molar-refractivity contribution is -0.132. The fraction of sp³-hybridized carbons (Fsp3) is 0.212. The highest BCUT2D eigenvalue weighted by Gasteiger charge is 2.47. The standard InChI is InChI=1S/C33H31NO5S/c1-3-4-5-19-38-25-15-11-23(12-16-25)31(35)29-30(28-10-7-20-40-28)34(33(37)32(29)36)24-13-17-26(18-14-24)39-27-9-6-8-22(2)21-27/h6-18,20-21,30,35H,3-5,19H2,1-2H3/b31-29-. The van der Waals surface area contributed by atoms with E-state index in [-0.39, 0.29) is 11.3 Å². The van der Waals surface area contributed by atoms with Crippen LogP contribution in [0.3, 0.4) is 0 Å². The number of benzene rings is 3. The van der Waals surface area contributed by atoms with Crippen LogP contribution in [-0.4, -0.2) is 23.4 Å². The number of aliphatic hydroxyl groups is 1. The molecule has 1 aliphatic heterocycles. The van der Waals surface area contributed by atoms with Crippen LogP contribution in [0, 0.1) is 6.92 Å². The van der Waals surface area contributed by atoms with Gasteiger partial charge < -0.3 is 14.6 Å². The lowest BCUT2D eigenvalue weighted by atomic mass is 9.99. The fourth-order valence-corrected chi connectivity index (χ4v) is 5.53. The van der Waals surface area contributed by atoms with Crippen LogP contribution in [0.2, 0.25) is 0 Å². The van der Waals surface area contributed by atoms with E-state index in [2.05, 4.69) is 6.92 Å². The number of thiophene rings is 1. The number of aliphatic hydroxyl groups excluding tert-OH is 1. The molecule has 0 bridgehead atoms. The molecule has 6 nitrogen and oxygen atoms in total. The lowest BCUT2D eigenvalue weighted by Gasteiger charge is -2.24. The smallest absolute Gasteiger partial charge is 0.300 e. The average Bonchev–Trinajstić information content (AvgIpc) is 3.58. The van der Waals surface area contributed by atoms with Crippen molar-refractivity contribution in [1.29, 1.82) is 0 Å². The second kappa shape index (κ2) is 12.2. The molecular weight excluding hydrogens is 522 g/mol. The van der Waals surface area contributed by atoms with Gasteiger partial charge in [0.1, 0.15) is 29.0 Å². The number of anilines is 1. The van der Waals surface area contributed by atoms with Gasteiger partial charge in [-0.15, -0.1) is 11.3 Å². The molecule has 1 N–H and O–H groups in total. The summed E-state index contributed by atoms with van der Waals surface area (Å²) in [6.07, 6.45) is 3.19. The van der Waals surface area contributed by atoms with Crippen LogP contribution in [0.4, 0.5) is 5.69 Å². The molecule has 0 aliphatic carbocycles. The number of unbranched alkanes of at least 4 members (excludes halogenated alkanes) is 2. The number of amides is 1. The molecule has 1 saturated heterocycles. The molecular formula is C33H31NO5S. The van der Waals surface area contributed by atoms with Crippen molar-refractivity contribution in [2.75, 3.05) is 11.5 Å². The Labute approximate surface area is 238 Å². The molecule has 3 aromatic carbocycles. The van der Waals surface area contributed by atoms with Crippen LogP contribution >= 0.6 is 11.3 Å². The molecule has 4 aromatic rings. The quantitative estimate of drug-likeness (QED) is 0.0931. The normalized spacial score (nSPS) is 16.4. The summed E-state index contributed by atoms with van der Waals surface area (Å²) in [6.45, 7) is 4.76. The van der Waals surface area contributed by atoms with Crippen molar-refractivity contribution in [3.8, 4) is 17.2 Å². The number of rotatable bonds is 10. The van der Waals surface area contributed by atoms with Gasteiger partial charge in [0.2, 0.25) is 0 Å². The van der Waals surface area contributed by atoms with Gasteiger partial charge in [-0.3, -0.25) is 14.5 Å². The third-order valence-electron chi connectivity index (χ3n) is 6.74. The first kappa shape index (κ1) is 27.2. The largest absolute Gasteiger partial charge is 0.507 e. The molecule has 1 unspecified atom stereocenters. The van der Waals surface area contributed by atoms with Crippen LogP contribution in [-0.2, 0) is 9.59 Å². The highest BCUT2D eigenvalue weighted by atomic mass is 32.1. The molecule has 7 heteroatoms. The van der Waals surface area contributed by atoms with Gasteiger partial charge in [-0.25, -0.2) is 0 Å². The lowest BCUT2D eigenvalue weighted by Crippen LogP contribution is -2.29. The summed E-state index contributed by atoms with van der Waals surface area (Å²) in [5.41, 5.74) is 2.13. The van der Waals surface area contributed by atoms with Crippen LogP contribution in [0.15, 0.2) is 95.9 Å². The van der Waals surface area contributed by atoms with Crippen molar-refractivity contribution in [2.24, 2.45) is 0 Å². The molecule has 0 radical (unpaired) electrons. The number of hydrogen-bond acceptors (Lipinski definition) is 6. The van der Waals surface area contributed by atoms with Gasteiger partial charge >= 0.3 is 0 Å². The van der Waals surface area contributed by atoms with Crippen LogP contribution < -0.4 is 14.4 Å². The third kappa shape index (κ3) is 5.80. The zero-order valence-electron chi connectivity index (χ0n) is 22.5. The first-order valence-electron chi connectivity index (χ1n) is 13.4. The molecule has 1 amide bonds. The van der Waals surface area contributed by atoms with Crippen LogP contribution in [0.5, 0.6) is 17.2 Å². The molecule has 1 aliphatic rings. The second-order valence-electron chi connectivity index (χ2n) is 9.68. The topological polar surface area (TPSA) is 76.1 Å².